The molecule has 9 heteroatoms. The van der Waals surface area contributed by atoms with Gasteiger partial charge in [0.25, 0.3) is 11.5 Å². The minimum Gasteiger partial charge on any atom is -0.383 e. The third kappa shape index (κ3) is 2.39. The third-order valence-electron chi connectivity index (χ3n) is 4.68. The quantitative estimate of drug-likeness (QED) is 0.767. The molecule has 1 fully saturated rings. The number of H-pyrrole nitrogens is 1. The Bertz CT molecular complexity index is 867. The number of hydrogen-bond acceptors (Lipinski definition) is 4. The van der Waals surface area contributed by atoms with Crippen molar-refractivity contribution in [3.05, 3.63) is 33.4 Å². The van der Waals surface area contributed by atoms with Crippen LogP contribution in [0.4, 0.5) is 8.78 Å². The average molecular weight is 340 g/mol. The van der Waals surface area contributed by atoms with Crippen LogP contribution in [0.25, 0.3) is 5.65 Å². The van der Waals surface area contributed by atoms with Gasteiger partial charge in [-0.15, -0.1) is 0 Å². The molecule has 0 radical (unpaired) electrons. The molecule has 0 atom stereocenters. The number of aryl methyl sites for hydroxylation is 2. The maximum Gasteiger partial charge on any atom is 0.352 e. The van der Waals surface area contributed by atoms with Crippen molar-refractivity contribution in [1.82, 2.24) is 19.9 Å². The molecule has 1 aliphatic carbocycles. The second kappa shape index (κ2) is 5.37. The van der Waals surface area contributed by atoms with Gasteiger partial charge in [-0.05, 0) is 33.1 Å². The highest BCUT2D eigenvalue weighted by Gasteiger charge is 2.61. The summed E-state index contributed by atoms with van der Waals surface area (Å²) in [5, 5.41) is 14.5. The van der Waals surface area contributed by atoms with Crippen LogP contribution in [0.1, 0.15) is 36.2 Å². The van der Waals surface area contributed by atoms with Crippen molar-refractivity contribution in [2.24, 2.45) is 0 Å². The molecule has 0 bridgehead atoms. The van der Waals surface area contributed by atoms with Gasteiger partial charge in [0.2, 0.25) is 0 Å². The zero-order valence-electron chi connectivity index (χ0n) is 13.3. The van der Waals surface area contributed by atoms with Crippen molar-refractivity contribution in [1.29, 1.82) is 0 Å². The molecule has 0 saturated heterocycles. The number of alkyl halides is 2. The molecule has 0 aromatic carbocycles. The van der Waals surface area contributed by atoms with E-state index in [9.17, 15) is 23.5 Å². The predicted molar refractivity (Wildman–Crippen MR) is 80.9 cm³/mol. The van der Waals surface area contributed by atoms with Crippen LogP contribution in [-0.2, 0) is 11.3 Å². The van der Waals surface area contributed by atoms with Gasteiger partial charge in [-0.2, -0.15) is 8.78 Å². The van der Waals surface area contributed by atoms with E-state index in [4.69, 9.17) is 0 Å². The maximum absolute atomic E-state index is 14.1. The Morgan fingerprint density at radius 2 is 2.17 bits per heavy atom. The van der Waals surface area contributed by atoms with Crippen molar-refractivity contribution in [2.75, 3.05) is 0 Å². The molecule has 2 heterocycles. The number of nitrogens with zero attached hydrogens (tertiary/aromatic N) is 2. The Balaban J connectivity index is 1.83. The highest BCUT2D eigenvalue weighted by molar-refractivity contribution is 5.85. The number of carbonyl (C=O) groups excluding carboxylic acids is 1. The number of aromatic nitrogens is 3. The van der Waals surface area contributed by atoms with Crippen molar-refractivity contribution in [3.8, 4) is 0 Å². The lowest BCUT2D eigenvalue weighted by Crippen LogP contribution is -2.60. The largest absolute Gasteiger partial charge is 0.383 e. The van der Waals surface area contributed by atoms with E-state index in [0.717, 1.165) is 0 Å². The first-order valence-electron chi connectivity index (χ1n) is 7.62. The first kappa shape index (κ1) is 16.6. The number of nitrogens with one attached hydrogen (secondary N) is 2. The fraction of sp³-hybridized carbons (Fsp3) is 0.533. The number of amides is 1. The first-order chi connectivity index (χ1) is 11.2. The highest BCUT2D eigenvalue weighted by atomic mass is 19.3. The molecule has 3 rings (SSSR count). The number of aromatic amines is 1. The minimum atomic E-state index is -3.84. The van der Waals surface area contributed by atoms with Crippen molar-refractivity contribution in [3.63, 3.8) is 0 Å². The summed E-state index contributed by atoms with van der Waals surface area (Å²) in [6, 6.07) is 1.32. The molecule has 1 aliphatic rings. The fourth-order valence-corrected chi connectivity index (χ4v) is 2.93. The number of fused-ring (bicyclic) bond motifs is 1. The molecule has 1 amide bonds. The summed E-state index contributed by atoms with van der Waals surface area (Å²) in [4.78, 5) is 27.5. The van der Waals surface area contributed by atoms with E-state index in [1.807, 2.05) is 0 Å². The standard InChI is InChI=1S/C15H18F2N4O3/c1-8-10(9(2)21-11(19-8)6-12(22)20-21)7-18-13(23)15(16,17)14(24)4-3-5-14/h6,24H,3-5,7H2,1-2H3,(H,18,23)(H,20,22). The summed E-state index contributed by atoms with van der Waals surface area (Å²) in [6.45, 7) is 3.19. The molecule has 3 N–H and O–H groups in total. The van der Waals surface area contributed by atoms with Gasteiger partial charge in [0.15, 0.2) is 5.65 Å². The molecule has 130 valence electrons. The maximum atomic E-state index is 14.1. The smallest absolute Gasteiger partial charge is 0.352 e. The molecular formula is C15H18F2N4O3. The van der Waals surface area contributed by atoms with Gasteiger partial charge in [-0.25, -0.2) is 9.50 Å². The van der Waals surface area contributed by atoms with Crippen LogP contribution in [0.3, 0.4) is 0 Å². The minimum absolute atomic E-state index is 0.0937. The second-order valence-corrected chi connectivity index (χ2v) is 6.22. The molecule has 0 spiro atoms. The Morgan fingerprint density at radius 3 is 2.75 bits per heavy atom. The number of aliphatic hydroxyl groups is 1. The summed E-state index contributed by atoms with van der Waals surface area (Å²) in [5.74, 6) is -5.35. The number of carbonyl (C=O) groups is 1. The van der Waals surface area contributed by atoms with Crippen molar-refractivity contribution < 1.29 is 18.7 Å². The normalized spacial score (nSPS) is 16.9. The van der Waals surface area contributed by atoms with Gasteiger partial charge in [-0.3, -0.25) is 14.7 Å². The van der Waals surface area contributed by atoms with Gasteiger partial charge >= 0.3 is 5.92 Å². The lowest BCUT2D eigenvalue weighted by atomic mass is 9.75. The van der Waals surface area contributed by atoms with Gasteiger partial charge in [0.05, 0.1) is 0 Å². The Hall–Kier alpha value is -2.29. The average Bonchev–Trinajstić information content (AvgIpc) is 2.84. The zero-order chi connectivity index (χ0) is 17.7. The number of rotatable bonds is 4. The van der Waals surface area contributed by atoms with Crippen LogP contribution >= 0.6 is 0 Å². The highest BCUT2D eigenvalue weighted by Crippen LogP contribution is 2.44. The SMILES string of the molecule is Cc1nc2cc(=O)[nH]n2c(C)c1CNC(=O)C(F)(F)C1(O)CCC1. The monoisotopic (exact) mass is 340 g/mol. The van der Waals surface area contributed by atoms with Gasteiger partial charge in [0, 0.05) is 29.6 Å². The van der Waals surface area contributed by atoms with E-state index >= 15 is 0 Å². The van der Waals surface area contributed by atoms with Gasteiger partial charge < -0.3 is 10.4 Å². The van der Waals surface area contributed by atoms with Gasteiger partial charge in [-0.1, -0.05) is 0 Å². The lowest BCUT2D eigenvalue weighted by molar-refractivity contribution is -0.216. The van der Waals surface area contributed by atoms with Crippen LogP contribution < -0.4 is 10.9 Å². The first-order valence-corrected chi connectivity index (χ1v) is 7.62. The summed E-state index contributed by atoms with van der Waals surface area (Å²) >= 11 is 0. The second-order valence-electron chi connectivity index (χ2n) is 6.22. The van der Waals surface area contributed by atoms with E-state index < -0.39 is 17.4 Å². The van der Waals surface area contributed by atoms with Crippen molar-refractivity contribution in [2.45, 2.75) is 51.2 Å². The van der Waals surface area contributed by atoms with Crippen LogP contribution in [0.2, 0.25) is 0 Å². The van der Waals surface area contributed by atoms with E-state index in [-0.39, 0.29) is 24.9 Å². The summed E-state index contributed by atoms with van der Waals surface area (Å²) < 4.78 is 29.6. The Morgan fingerprint density at radius 1 is 1.50 bits per heavy atom. The molecule has 7 nitrogen and oxygen atoms in total. The van der Waals surface area contributed by atoms with Gasteiger partial charge in [0.1, 0.15) is 5.60 Å². The zero-order valence-corrected chi connectivity index (χ0v) is 13.3. The number of halogens is 2. The molecule has 1 saturated carbocycles. The van der Waals surface area contributed by atoms with Crippen LogP contribution in [0.5, 0.6) is 0 Å². The lowest BCUT2D eigenvalue weighted by Gasteiger charge is -2.41. The van der Waals surface area contributed by atoms with E-state index in [1.54, 1.807) is 13.8 Å². The Labute approximate surface area is 135 Å². The molecule has 2 aromatic heterocycles. The van der Waals surface area contributed by atoms with Crippen LogP contribution in [0.15, 0.2) is 10.9 Å². The molecule has 2 aromatic rings. The number of hydrogen-bond donors (Lipinski definition) is 3. The molecule has 0 unspecified atom stereocenters. The summed E-state index contributed by atoms with van der Waals surface area (Å²) in [5.41, 5.74) is -0.527. The van der Waals surface area contributed by atoms with Crippen LogP contribution in [0, 0.1) is 13.8 Å². The molecule has 24 heavy (non-hydrogen) atoms. The summed E-state index contributed by atoms with van der Waals surface area (Å²) in [6.07, 6.45) is 0.284. The fourth-order valence-electron chi connectivity index (χ4n) is 2.93. The van der Waals surface area contributed by atoms with E-state index in [0.29, 0.717) is 29.0 Å². The predicted octanol–water partition coefficient (Wildman–Crippen LogP) is 0.806. The summed E-state index contributed by atoms with van der Waals surface area (Å²) in [7, 11) is 0. The Kier molecular flexibility index (Phi) is 3.71. The van der Waals surface area contributed by atoms with E-state index in [2.05, 4.69) is 15.4 Å². The molecule has 0 aliphatic heterocycles. The van der Waals surface area contributed by atoms with Crippen molar-refractivity contribution >= 4 is 11.6 Å². The molecular weight excluding hydrogens is 322 g/mol. The van der Waals surface area contributed by atoms with Crippen LogP contribution in [-0.4, -0.2) is 37.1 Å². The van der Waals surface area contributed by atoms with E-state index in [1.165, 1.54) is 10.6 Å². The third-order valence-corrected chi connectivity index (χ3v) is 4.68. The topological polar surface area (TPSA) is 99.5 Å².